The van der Waals surface area contributed by atoms with Crippen LogP contribution in [-0.2, 0) is 6.54 Å². The highest BCUT2D eigenvalue weighted by molar-refractivity contribution is 5.26. The molecular formula is C8H11FN2. The number of hydrazine groups is 1. The lowest BCUT2D eigenvalue weighted by Gasteiger charge is -2.04. The lowest BCUT2D eigenvalue weighted by atomic mass is 10.1. The minimum atomic E-state index is -0.183. The lowest BCUT2D eigenvalue weighted by Crippen LogP contribution is -2.21. The highest BCUT2D eigenvalue weighted by Gasteiger charge is 2.00. The maximum absolute atomic E-state index is 12.8. The average molecular weight is 154 g/mol. The third-order valence-electron chi connectivity index (χ3n) is 1.67. The SMILES string of the molecule is Cc1c(F)cccc1CNN. The Labute approximate surface area is 65.2 Å². The van der Waals surface area contributed by atoms with Crippen LogP contribution in [0.25, 0.3) is 0 Å². The van der Waals surface area contributed by atoms with Crippen molar-refractivity contribution in [3.8, 4) is 0 Å². The molecule has 1 aromatic rings. The van der Waals surface area contributed by atoms with Crippen LogP contribution in [0.1, 0.15) is 11.1 Å². The summed E-state index contributed by atoms with van der Waals surface area (Å²) in [7, 11) is 0. The predicted octanol–water partition coefficient (Wildman–Crippen LogP) is 1.10. The van der Waals surface area contributed by atoms with Gasteiger partial charge < -0.3 is 0 Å². The number of halogens is 1. The van der Waals surface area contributed by atoms with Gasteiger partial charge in [0.15, 0.2) is 0 Å². The van der Waals surface area contributed by atoms with E-state index >= 15 is 0 Å². The Morgan fingerprint density at radius 3 is 2.91 bits per heavy atom. The highest BCUT2D eigenvalue weighted by Crippen LogP contribution is 2.10. The Kier molecular flexibility index (Phi) is 2.57. The molecule has 0 saturated carbocycles. The zero-order chi connectivity index (χ0) is 8.27. The summed E-state index contributed by atoms with van der Waals surface area (Å²) in [5.41, 5.74) is 4.04. The molecule has 0 aliphatic heterocycles. The van der Waals surface area contributed by atoms with Gasteiger partial charge in [-0.3, -0.25) is 11.3 Å². The summed E-state index contributed by atoms with van der Waals surface area (Å²) in [5.74, 6) is 4.92. The van der Waals surface area contributed by atoms with Crippen molar-refractivity contribution in [3.05, 3.63) is 35.1 Å². The van der Waals surface area contributed by atoms with E-state index in [1.165, 1.54) is 6.07 Å². The van der Waals surface area contributed by atoms with Crippen molar-refractivity contribution in [1.82, 2.24) is 5.43 Å². The zero-order valence-corrected chi connectivity index (χ0v) is 6.39. The van der Waals surface area contributed by atoms with E-state index in [1.54, 1.807) is 13.0 Å². The second kappa shape index (κ2) is 3.46. The van der Waals surface area contributed by atoms with Crippen LogP contribution < -0.4 is 11.3 Å². The van der Waals surface area contributed by atoms with E-state index in [2.05, 4.69) is 5.43 Å². The van der Waals surface area contributed by atoms with Crippen LogP contribution in [0.2, 0.25) is 0 Å². The molecule has 0 heterocycles. The summed E-state index contributed by atoms with van der Waals surface area (Å²) in [6.07, 6.45) is 0. The summed E-state index contributed by atoms with van der Waals surface area (Å²) < 4.78 is 12.8. The smallest absolute Gasteiger partial charge is 0.126 e. The van der Waals surface area contributed by atoms with Crippen molar-refractivity contribution >= 4 is 0 Å². The van der Waals surface area contributed by atoms with Crippen LogP contribution in [0.5, 0.6) is 0 Å². The molecular weight excluding hydrogens is 143 g/mol. The van der Waals surface area contributed by atoms with E-state index in [4.69, 9.17) is 5.84 Å². The van der Waals surface area contributed by atoms with Crippen molar-refractivity contribution < 1.29 is 4.39 Å². The second-order valence-corrected chi connectivity index (χ2v) is 2.40. The predicted molar refractivity (Wildman–Crippen MR) is 42.2 cm³/mol. The molecule has 1 aromatic carbocycles. The van der Waals surface area contributed by atoms with Gasteiger partial charge in [0.2, 0.25) is 0 Å². The third kappa shape index (κ3) is 1.76. The molecule has 0 saturated heterocycles. The molecule has 3 heteroatoms. The van der Waals surface area contributed by atoms with Crippen LogP contribution >= 0.6 is 0 Å². The highest BCUT2D eigenvalue weighted by atomic mass is 19.1. The summed E-state index contributed by atoms with van der Waals surface area (Å²) in [6, 6.07) is 4.96. The molecule has 2 nitrogen and oxygen atoms in total. The Bertz CT molecular complexity index is 248. The van der Waals surface area contributed by atoms with Gasteiger partial charge in [-0.15, -0.1) is 0 Å². The molecule has 0 aliphatic carbocycles. The van der Waals surface area contributed by atoms with Gasteiger partial charge in [-0.1, -0.05) is 12.1 Å². The molecule has 0 aliphatic rings. The van der Waals surface area contributed by atoms with E-state index in [1.807, 2.05) is 6.07 Å². The van der Waals surface area contributed by atoms with E-state index in [0.717, 1.165) is 5.56 Å². The molecule has 3 N–H and O–H groups in total. The largest absolute Gasteiger partial charge is 0.271 e. The molecule has 11 heavy (non-hydrogen) atoms. The lowest BCUT2D eigenvalue weighted by molar-refractivity contribution is 0.611. The Morgan fingerprint density at radius 1 is 1.55 bits per heavy atom. The molecule has 0 aromatic heterocycles. The van der Waals surface area contributed by atoms with Crippen LogP contribution in [-0.4, -0.2) is 0 Å². The van der Waals surface area contributed by atoms with Crippen LogP contribution in [0.3, 0.4) is 0 Å². The van der Waals surface area contributed by atoms with Crippen molar-refractivity contribution in [3.63, 3.8) is 0 Å². The molecule has 0 amide bonds. The van der Waals surface area contributed by atoms with E-state index < -0.39 is 0 Å². The fourth-order valence-electron chi connectivity index (χ4n) is 0.954. The molecule has 1 rings (SSSR count). The number of rotatable bonds is 2. The summed E-state index contributed by atoms with van der Waals surface area (Å²) in [6.45, 7) is 2.24. The van der Waals surface area contributed by atoms with Gasteiger partial charge in [0.05, 0.1) is 0 Å². The molecule has 0 radical (unpaired) electrons. The average Bonchev–Trinajstić information content (AvgIpc) is 1.99. The van der Waals surface area contributed by atoms with E-state index in [0.29, 0.717) is 12.1 Å². The number of nitrogens with one attached hydrogen (secondary N) is 1. The molecule has 0 bridgehead atoms. The van der Waals surface area contributed by atoms with Gasteiger partial charge >= 0.3 is 0 Å². The van der Waals surface area contributed by atoms with E-state index in [9.17, 15) is 4.39 Å². The minimum Gasteiger partial charge on any atom is -0.271 e. The van der Waals surface area contributed by atoms with Crippen molar-refractivity contribution in [2.24, 2.45) is 5.84 Å². The first-order chi connectivity index (χ1) is 5.25. The van der Waals surface area contributed by atoms with Crippen LogP contribution in [0.4, 0.5) is 4.39 Å². The third-order valence-corrected chi connectivity index (χ3v) is 1.67. The number of benzene rings is 1. The fourth-order valence-corrected chi connectivity index (χ4v) is 0.954. The zero-order valence-electron chi connectivity index (χ0n) is 6.39. The first-order valence-electron chi connectivity index (χ1n) is 3.43. The van der Waals surface area contributed by atoms with Gasteiger partial charge in [0.1, 0.15) is 5.82 Å². The molecule has 60 valence electrons. The number of hydrogen-bond acceptors (Lipinski definition) is 2. The molecule has 0 unspecified atom stereocenters. The summed E-state index contributed by atoms with van der Waals surface area (Å²) in [5, 5.41) is 0. The fraction of sp³-hybridized carbons (Fsp3) is 0.250. The molecule has 0 fully saturated rings. The standard InChI is InChI=1S/C8H11FN2/c1-6-7(5-11-10)3-2-4-8(6)9/h2-4,11H,5,10H2,1H3. The Balaban J connectivity index is 2.96. The Hall–Kier alpha value is -0.930. The number of hydrogen-bond donors (Lipinski definition) is 2. The maximum atomic E-state index is 12.8. The summed E-state index contributed by atoms with van der Waals surface area (Å²) in [4.78, 5) is 0. The van der Waals surface area contributed by atoms with Gasteiger partial charge in [-0.25, -0.2) is 4.39 Å². The van der Waals surface area contributed by atoms with Crippen LogP contribution in [0, 0.1) is 12.7 Å². The van der Waals surface area contributed by atoms with Crippen molar-refractivity contribution in [2.45, 2.75) is 13.5 Å². The van der Waals surface area contributed by atoms with E-state index in [-0.39, 0.29) is 5.82 Å². The molecule has 0 atom stereocenters. The van der Waals surface area contributed by atoms with Crippen molar-refractivity contribution in [2.75, 3.05) is 0 Å². The normalized spacial score (nSPS) is 10.1. The first-order valence-corrected chi connectivity index (χ1v) is 3.43. The van der Waals surface area contributed by atoms with Gasteiger partial charge in [0, 0.05) is 6.54 Å². The Morgan fingerprint density at radius 2 is 2.27 bits per heavy atom. The maximum Gasteiger partial charge on any atom is 0.126 e. The van der Waals surface area contributed by atoms with Gasteiger partial charge in [-0.05, 0) is 24.1 Å². The topological polar surface area (TPSA) is 38.0 Å². The second-order valence-electron chi connectivity index (χ2n) is 2.40. The number of nitrogens with two attached hydrogens (primary N) is 1. The monoisotopic (exact) mass is 154 g/mol. The first kappa shape index (κ1) is 8.17. The summed E-state index contributed by atoms with van der Waals surface area (Å²) >= 11 is 0. The minimum absolute atomic E-state index is 0.183. The quantitative estimate of drug-likeness (QED) is 0.494. The van der Waals surface area contributed by atoms with Gasteiger partial charge in [0.25, 0.3) is 0 Å². The van der Waals surface area contributed by atoms with Crippen LogP contribution in [0.15, 0.2) is 18.2 Å². The molecule has 0 spiro atoms. The van der Waals surface area contributed by atoms with Gasteiger partial charge in [-0.2, -0.15) is 0 Å². The van der Waals surface area contributed by atoms with Crippen molar-refractivity contribution in [1.29, 1.82) is 0 Å².